The Labute approximate surface area is 119 Å². The molecule has 0 N–H and O–H groups in total. The van der Waals surface area contributed by atoms with Crippen LogP contribution in [0.3, 0.4) is 0 Å². The predicted molar refractivity (Wildman–Crippen MR) is 79.6 cm³/mol. The van der Waals surface area contributed by atoms with Crippen molar-refractivity contribution in [1.29, 1.82) is 0 Å². The van der Waals surface area contributed by atoms with Crippen LogP contribution in [0.15, 0.2) is 29.4 Å². The molecule has 1 heterocycles. The van der Waals surface area contributed by atoms with Gasteiger partial charge in [0.25, 0.3) is 0 Å². The zero-order valence-corrected chi connectivity index (χ0v) is 12.2. The molecule has 0 aliphatic carbocycles. The third-order valence-corrected chi connectivity index (χ3v) is 3.63. The van der Waals surface area contributed by atoms with Gasteiger partial charge in [-0.15, -0.1) is 0 Å². The van der Waals surface area contributed by atoms with E-state index in [0.717, 1.165) is 5.69 Å². The highest BCUT2D eigenvalue weighted by molar-refractivity contribution is 5.95. The lowest BCUT2D eigenvalue weighted by Crippen LogP contribution is -2.25. The highest BCUT2D eigenvalue weighted by Crippen LogP contribution is 2.30. The molecule has 1 aliphatic rings. The molecule has 1 aromatic rings. The minimum Gasteiger partial charge on any atom is -0.312 e. The number of benzene rings is 1. The summed E-state index contributed by atoms with van der Waals surface area (Å²) in [6.45, 7) is 7.48. The Hall–Kier alpha value is -2.00. The molecule has 0 radical (unpaired) electrons. The van der Waals surface area contributed by atoms with E-state index < -0.39 is 0 Å². The van der Waals surface area contributed by atoms with E-state index in [2.05, 4.69) is 42.9 Å². The molecule has 1 saturated heterocycles. The first-order chi connectivity index (χ1) is 9.41. The molecule has 5 nitrogen and oxygen atoms in total. The maximum Gasteiger partial charge on any atom is 0.227 e. The van der Waals surface area contributed by atoms with Crippen LogP contribution in [0.25, 0.3) is 10.4 Å². The van der Waals surface area contributed by atoms with Crippen molar-refractivity contribution in [3.05, 3.63) is 40.3 Å². The van der Waals surface area contributed by atoms with Crippen LogP contribution in [-0.4, -0.2) is 19.0 Å². The minimum absolute atomic E-state index is 0.0588. The molecular formula is C15H20N4O. The van der Waals surface area contributed by atoms with Gasteiger partial charge in [-0.25, -0.2) is 0 Å². The van der Waals surface area contributed by atoms with Gasteiger partial charge in [0, 0.05) is 30.1 Å². The molecule has 0 saturated carbocycles. The summed E-state index contributed by atoms with van der Waals surface area (Å²) in [5, 5.41) is 3.57. The topological polar surface area (TPSA) is 69.1 Å². The Balaban J connectivity index is 2.20. The van der Waals surface area contributed by atoms with Crippen molar-refractivity contribution in [2.24, 2.45) is 11.0 Å². The number of carbonyl (C=O) groups is 1. The van der Waals surface area contributed by atoms with Gasteiger partial charge in [0.2, 0.25) is 5.91 Å². The second-order valence-corrected chi connectivity index (χ2v) is 6.29. The van der Waals surface area contributed by atoms with Crippen molar-refractivity contribution in [3.8, 4) is 0 Å². The van der Waals surface area contributed by atoms with E-state index in [4.69, 9.17) is 5.53 Å². The van der Waals surface area contributed by atoms with Gasteiger partial charge in [-0.1, -0.05) is 38.0 Å². The van der Waals surface area contributed by atoms with Crippen LogP contribution in [0.5, 0.6) is 0 Å². The average molecular weight is 272 g/mol. The number of anilines is 1. The monoisotopic (exact) mass is 272 g/mol. The van der Waals surface area contributed by atoms with Crippen molar-refractivity contribution >= 4 is 11.6 Å². The second-order valence-electron chi connectivity index (χ2n) is 6.29. The normalized spacial score (nSPS) is 19.1. The van der Waals surface area contributed by atoms with E-state index in [1.54, 1.807) is 4.90 Å². The van der Waals surface area contributed by atoms with E-state index in [-0.39, 0.29) is 17.2 Å². The number of amides is 1. The zero-order valence-electron chi connectivity index (χ0n) is 12.2. The van der Waals surface area contributed by atoms with Crippen LogP contribution in [0.4, 0.5) is 5.69 Å². The molecule has 1 atom stereocenters. The Kier molecular flexibility index (Phi) is 4.00. The summed E-state index contributed by atoms with van der Waals surface area (Å²) in [5.74, 6) is 0.228. The van der Waals surface area contributed by atoms with Gasteiger partial charge in [0.05, 0.1) is 0 Å². The van der Waals surface area contributed by atoms with Crippen LogP contribution in [0.2, 0.25) is 0 Å². The molecule has 1 aliphatic heterocycles. The van der Waals surface area contributed by atoms with Crippen LogP contribution in [-0.2, 0) is 10.2 Å². The summed E-state index contributed by atoms with van der Waals surface area (Å²) < 4.78 is 0. The summed E-state index contributed by atoms with van der Waals surface area (Å²) in [6, 6.07) is 8.11. The van der Waals surface area contributed by atoms with Crippen molar-refractivity contribution in [1.82, 2.24) is 0 Å². The summed E-state index contributed by atoms with van der Waals surface area (Å²) in [4.78, 5) is 16.7. The van der Waals surface area contributed by atoms with E-state index in [9.17, 15) is 4.79 Å². The van der Waals surface area contributed by atoms with Gasteiger partial charge < -0.3 is 4.90 Å². The Morgan fingerprint density at radius 2 is 2.20 bits per heavy atom. The van der Waals surface area contributed by atoms with Crippen molar-refractivity contribution in [2.45, 2.75) is 32.6 Å². The molecule has 20 heavy (non-hydrogen) atoms. The van der Waals surface area contributed by atoms with Gasteiger partial charge >= 0.3 is 0 Å². The number of hydrogen-bond acceptors (Lipinski definition) is 2. The van der Waals surface area contributed by atoms with E-state index in [1.165, 1.54) is 5.56 Å². The van der Waals surface area contributed by atoms with E-state index >= 15 is 0 Å². The van der Waals surface area contributed by atoms with Crippen LogP contribution < -0.4 is 4.90 Å². The fourth-order valence-electron chi connectivity index (χ4n) is 2.45. The molecule has 0 aromatic heterocycles. The van der Waals surface area contributed by atoms with Crippen molar-refractivity contribution in [2.75, 3.05) is 18.0 Å². The summed E-state index contributed by atoms with van der Waals surface area (Å²) in [6.07, 6.45) is 0.457. The summed E-state index contributed by atoms with van der Waals surface area (Å²) in [5.41, 5.74) is 10.6. The summed E-state index contributed by atoms with van der Waals surface area (Å²) in [7, 11) is 0. The SMILES string of the molecule is CC(C)(C)c1cccc(N2CC(CN=[N+]=[N-])CC2=O)c1. The highest BCUT2D eigenvalue weighted by atomic mass is 16.2. The van der Waals surface area contributed by atoms with E-state index in [1.807, 2.05) is 12.1 Å². The molecule has 1 amide bonds. The molecule has 1 fully saturated rings. The van der Waals surface area contributed by atoms with Gasteiger partial charge in [-0.3, -0.25) is 4.79 Å². The zero-order chi connectivity index (χ0) is 14.8. The van der Waals surface area contributed by atoms with E-state index in [0.29, 0.717) is 19.5 Å². The number of nitrogens with zero attached hydrogens (tertiary/aromatic N) is 4. The average Bonchev–Trinajstić information content (AvgIpc) is 2.77. The molecule has 5 heteroatoms. The Morgan fingerprint density at radius 3 is 2.85 bits per heavy atom. The standard InChI is InChI=1S/C15H20N4O/c1-15(2,3)12-5-4-6-13(8-12)19-10-11(7-14(19)20)9-17-18-16/h4-6,8,11H,7,9-10H2,1-3H3. The van der Waals surface area contributed by atoms with Crippen molar-refractivity contribution in [3.63, 3.8) is 0 Å². The largest absolute Gasteiger partial charge is 0.312 e. The second kappa shape index (κ2) is 5.55. The van der Waals surface area contributed by atoms with Crippen LogP contribution >= 0.6 is 0 Å². The molecule has 0 spiro atoms. The van der Waals surface area contributed by atoms with Gasteiger partial charge in [-0.05, 0) is 34.6 Å². The number of rotatable bonds is 3. The fourth-order valence-corrected chi connectivity index (χ4v) is 2.45. The maximum absolute atomic E-state index is 12.1. The fraction of sp³-hybridized carbons (Fsp3) is 0.533. The molecule has 106 valence electrons. The lowest BCUT2D eigenvalue weighted by molar-refractivity contribution is -0.117. The predicted octanol–water partition coefficient (Wildman–Crippen LogP) is 3.65. The van der Waals surface area contributed by atoms with Gasteiger partial charge in [-0.2, -0.15) is 0 Å². The number of carbonyl (C=O) groups excluding carboxylic acids is 1. The highest BCUT2D eigenvalue weighted by Gasteiger charge is 2.30. The Morgan fingerprint density at radius 1 is 1.45 bits per heavy atom. The maximum atomic E-state index is 12.1. The molecule has 1 unspecified atom stereocenters. The number of hydrogen-bond donors (Lipinski definition) is 0. The van der Waals surface area contributed by atoms with Gasteiger partial charge in [0.1, 0.15) is 0 Å². The van der Waals surface area contributed by atoms with Crippen LogP contribution in [0, 0.1) is 5.92 Å². The third kappa shape index (κ3) is 3.11. The molecule has 2 rings (SSSR count). The van der Waals surface area contributed by atoms with Crippen molar-refractivity contribution < 1.29 is 4.79 Å². The quantitative estimate of drug-likeness (QED) is 0.470. The first-order valence-electron chi connectivity index (χ1n) is 6.83. The molecule has 0 bridgehead atoms. The summed E-state index contributed by atoms with van der Waals surface area (Å²) >= 11 is 0. The lowest BCUT2D eigenvalue weighted by Gasteiger charge is -2.23. The smallest absolute Gasteiger partial charge is 0.227 e. The van der Waals surface area contributed by atoms with Gasteiger partial charge in [0.15, 0.2) is 0 Å². The molecular weight excluding hydrogens is 252 g/mol. The molecule has 1 aromatic carbocycles. The third-order valence-electron chi connectivity index (χ3n) is 3.63. The minimum atomic E-state index is 0.0588. The number of azide groups is 1. The first-order valence-corrected chi connectivity index (χ1v) is 6.83. The first kappa shape index (κ1) is 14.4. The Bertz CT molecular complexity index is 555. The van der Waals surface area contributed by atoms with Crippen LogP contribution in [0.1, 0.15) is 32.8 Å². The lowest BCUT2D eigenvalue weighted by atomic mass is 9.87.